The second-order valence-electron chi connectivity index (χ2n) is 4.95. The van der Waals surface area contributed by atoms with Crippen LogP contribution >= 0.6 is 11.6 Å². The quantitative estimate of drug-likeness (QED) is 0.722. The first-order chi connectivity index (χ1) is 6.84. The summed E-state index contributed by atoms with van der Waals surface area (Å²) >= 11 is 6.10. The van der Waals surface area contributed by atoms with Crippen molar-refractivity contribution in [2.75, 3.05) is 0 Å². The third-order valence-corrected chi connectivity index (χ3v) is 3.60. The summed E-state index contributed by atoms with van der Waals surface area (Å²) in [4.78, 5) is 0. The second kappa shape index (κ2) is 3.19. The average Bonchev–Trinajstić information content (AvgIpc) is 2.32. The first kappa shape index (κ1) is 10.9. The van der Waals surface area contributed by atoms with Gasteiger partial charge < -0.3 is 5.73 Å². The Labute approximate surface area is 94.4 Å². The van der Waals surface area contributed by atoms with Crippen LogP contribution in [-0.4, -0.2) is 0 Å². The maximum absolute atomic E-state index is 13.5. The third kappa shape index (κ3) is 1.47. The van der Waals surface area contributed by atoms with Gasteiger partial charge in [0, 0.05) is 11.1 Å². The van der Waals surface area contributed by atoms with Crippen LogP contribution in [0, 0.1) is 12.7 Å². The normalized spacial score (nSPS) is 22.9. The average molecular weight is 228 g/mol. The molecule has 2 rings (SSSR count). The van der Waals surface area contributed by atoms with Crippen molar-refractivity contribution in [3.05, 3.63) is 33.6 Å². The van der Waals surface area contributed by atoms with Crippen molar-refractivity contribution in [3.63, 3.8) is 0 Å². The van der Waals surface area contributed by atoms with E-state index in [2.05, 4.69) is 13.8 Å². The van der Waals surface area contributed by atoms with Crippen LogP contribution < -0.4 is 5.73 Å². The van der Waals surface area contributed by atoms with Gasteiger partial charge in [0.2, 0.25) is 0 Å². The highest BCUT2D eigenvalue weighted by Gasteiger charge is 2.38. The summed E-state index contributed by atoms with van der Waals surface area (Å²) in [7, 11) is 0. The lowest BCUT2D eigenvalue weighted by Crippen LogP contribution is -2.14. The molecule has 0 aliphatic heterocycles. The van der Waals surface area contributed by atoms with Crippen LogP contribution in [0.1, 0.15) is 43.0 Å². The smallest absolute Gasteiger partial charge is 0.127 e. The fourth-order valence-electron chi connectivity index (χ4n) is 2.64. The summed E-state index contributed by atoms with van der Waals surface area (Å²) in [5.41, 5.74) is 8.56. The van der Waals surface area contributed by atoms with Crippen LogP contribution in [0.5, 0.6) is 0 Å². The Kier molecular flexibility index (Phi) is 2.32. The van der Waals surface area contributed by atoms with Crippen molar-refractivity contribution in [1.82, 2.24) is 0 Å². The summed E-state index contributed by atoms with van der Waals surface area (Å²) in [5, 5.41) is 0.506. The van der Waals surface area contributed by atoms with E-state index in [0.29, 0.717) is 10.6 Å². The molecule has 1 aromatic rings. The summed E-state index contributed by atoms with van der Waals surface area (Å²) in [5.74, 6) is -0.257. The molecule has 0 heterocycles. The van der Waals surface area contributed by atoms with Crippen LogP contribution in [0.3, 0.4) is 0 Å². The van der Waals surface area contributed by atoms with Gasteiger partial charge in [0.05, 0.1) is 0 Å². The molecule has 0 amide bonds. The van der Waals surface area contributed by atoms with Gasteiger partial charge in [-0.15, -0.1) is 0 Å². The van der Waals surface area contributed by atoms with Crippen LogP contribution in [0.2, 0.25) is 5.02 Å². The molecule has 82 valence electrons. The number of halogens is 2. The fourth-order valence-corrected chi connectivity index (χ4v) is 3.10. The second-order valence-corrected chi connectivity index (χ2v) is 5.36. The van der Waals surface area contributed by atoms with Gasteiger partial charge in [0.25, 0.3) is 0 Å². The van der Waals surface area contributed by atoms with E-state index < -0.39 is 0 Å². The lowest BCUT2D eigenvalue weighted by atomic mass is 9.86. The highest BCUT2D eigenvalue weighted by Crippen LogP contribution is 2.48. The first-order valence-electron chi connectivity index (χ1n) is 5.09. The standard InChI is InChI=1S/C12H15ClFN/c1-6-8(14)4-7(13)11-10(6)9(15)5-12(11,2)3/h4,9H,5,15H2,1-3H3. The van der Waals surface area contributed by atoms with E-state index in [1.165, 1.54) is 6.07 Å². The Bertz CT molecular complexity index is 426. The fraction of sp³-hybridized carbons (Fsp3) is 0.500. The first-order valence-corrected chi connectivity index (χ1v) is 5.47. The third-order valence-electron chi connectivity index (χ3n) is 3.30. The minimum atomic E-state index is -0.257. The van der Waals surface area contributed by atoms with Gasteiger partial charge in [-0.2, -0.15) is 0 Å². The minimum Gasteiger partial charge on any atom is -0.324 e. The van der Waals surface area contributed by atoms with E-state index in [-0.39, 0.29) is 17.3 Å². The van der Waals surface area contributed by atoms with E-state index in [1.54, 1.807) is 6.92 Å². The monoisotopic (exact) mass is 227 g/mol. The Balaban J connectivity index is 2.78. The zero-order valence-corrected chi connectivity index (χ0v) is 9.95. The van der Waals surface area contributed by atoms with Gasteiger partial charge in [-0.25, -0.2) is 4.39 Å². The van der Waals surface area contributed by atoms with E-state index >= 15 is 0 Å². The molecule has 1 nitrogen and oxygen atoms in total. The van der Waals surface area contributed by atoms with Crippen LogP contribution in [0.15, 0.2) is 6.07 Å². The molecule has 1 atom stereocenters. The van der Waals surface area contributed by atoms with Crippen LogP contribution in [0.4, 0.5) is 4.39 Å². The molecule has 1 aliphatic rings. The lowest BCUT2D eigenvalue weighted by molar-refractivity contribution is 0.481. The highest BCUT2D eigenvalue weighted by molar-refractivity contribution is 6.31. The molecule has 0 bridgehead atoms. The maximum Gasteiger partial charge on any atom is 0.127 e. The van der Waals surface area contributed by atoms with Crippen molar-refractivity contribution in [2.24, 2.45) is 5.73 Å². The number of benzene rings is 1. The van der Waals surface area contributed by atoms with E-state index in [4.69, 9.17) is 17.3 Å². The molecule has 1 aliphatic carbocycles. The van der Waals surface area contributed by atoms with Crippen molar-refractivity contribution < 1.29 is 4.39 Å². The van der Waals surface area contributed by atoms with E-state index in [9.17, 15) is 4.39 Å². The van der Waals surface area contributed by atoms with Crippen molar-refractivity contribution >= 4 is 11.6 Å². The number of fused-ring (bicyclic) bond motifs is 1. The van der Waals surface area contributed by atoms with Crippen LogP contribution in [0.25, 0.3) is 0 Å². The molecule has 15 heavy (non-hydrogen) atoms. The van der Waals surface area contributed by atoms with Crippen molar-refractivity contribution in [1.29, 1.82) is 0 Å². The van der Waals surface area contributed by atoms with Gasteiger partial charge in [-0.05, 0) is 41.5 Å². The molecule has 0 aromatic heterocycles. The zero-order chi connectivity index (χ0) is 11.4. The summed E-state index contributed by atoms with van der Waals surface area (Å²) in [6.07, 6.45) is 0.826. The minimum absolute atomic E-state index is 0.0513. The van der Waals surface area contributed by atoms with Gasteiger partial charge in [0.1, 0.15) is 5.82 Å². The van der Waals surface area contributed by atoms with Crippen molar-refractivity contribution in [3.8, 4) is 0 Å². The Morgan fingerprint density at radius 2 is 2.13 bits per heavy atom. The largest absolute Gasteiger partial charge is 0.324 e. The molecule has 0 spiro atoms. The Morgan fingerprint density at radius 3 is 2.73 bits per heavy atom. The molecule has 3 heteroatoms. The molecule has 0 fully saturated rings. The molecule has 1 aromatic carbocycles. The molecule has 0 saturated carbocycles. The van der Waals surface area contributed by atoms with Gasteiger partial charge in [0.15, 0.2) is 0 Å². The molecule has 2 N–H and O–H groups in total. The maximum atomic E-state index is 13.5. The summed E-state index contributed by atoms with van der Waals surface area (Å²) in [6, 6.07) is 1.30. The molecule has 0 saturated heterocycles. The highest BCUT2D eigenvalue weighted by atomic mass is 35.5. The van der Waals surface area contributed by atoms with E-state index in [1.807, 2.05) is 0 Å². The zero-order valence-electron chi connectivity index (χ0n) is 9.20. The molecule has 0 radical (unpaired) electrons. The predicted octanol–water partition coefficient (Wildman–Crippen LogP) is 3.47. The number of hydrogen-bond acceptors (Lipinski definition) is 1. The predicted molar refractivity (Wildman–Crippen MR) is 60.7 cm³/mol. The topological polar surface area (TPSA) is 26.0 Å². The van der Waals surface area contributed by atoms with Gasteiger partial charge in [-0.1, -0.05) is 25.4 Å². The number of rotatable bonds is 0. The van der Waals surface area contributed by atoms with Crippen LogP contribution in [-0.2, 0) is 5.41 Å². The lowest BCUT2D eigenvalue weighted by Gasteiger charge is -2.20. The summed E-state index contributed by atoms with van der Waals surface area (Å²) in [6.45, 7) is 5.97. The molecular formula is C12H15ClFN. The van der Waals surface area contributed by atoms with Crippen molar-refractivity contribution in [2.45, 2.75) is 38.6 Å². The molecule has 1 unspecified atom stereocenters. The SMILES string of the molecule is Cc1c(F)cc(Cl)c2c1C(N)CC2(C)C. The van der Waals surface area contributed by atoms with Gasteiger partial charge >= 0.3 is 0 Å². The summed E-state index contributed by atoms with van der Waals surface area (Å²) < 4.78 is 13.5. The Morgan fingerprint density at radius 1 is 1.53 bits per heavy atom. The number of nitrogens with two attached hydrogens (primary N) is 1. The van der Waals surface area contributed by atoms with Gasteiger partial charge in [-0.3, -0.25) is 0 Å². The molecular weight excluding hydrogens is 213 g/mol. The van der Waals surface area contributed by atoms with E-state index in [0.717, 1.165) is 17.5 Å². The Hall–Kier alpha value is -0.600. The number of hydrogen-bond donors (Lipinski definition) is 1.